The van der Waals surface area contributed by atoms with Gasteiger partial charge in [-0.2, -0.15) is 0 Å². The molecule has 0 saturated heterocycles. The van der Waals surface area contributed by atoms with E-state index in [0.717, 1.165) is 31.0 Å². The topological polar surface area (TPSA) is 54.0 Å². The molecule has 0 aliphatic heterocycles. The van der Waals surface area contributed by atoms with E-state index in [1.807, 2.05) is 13.0 Å². The van der Waals surface area contributed by atoms with Crippen LogP contribution in [-0.2, 0) is 0 Å². The molecule has 0 radical (unpaired) electrons. The average Bonchev–Trinajstić information content (AvgIpc) is 2.49. The fourth-order valence-corrected chi connectivity index (χ4v) is 2.81. The highest BCUT2D eigenvalue weighted by Gasteiger charge is 2.21. The van der Waals surface area contributed by atoms with Crippen LogP contribution in [0, 0.1) is 5.92 Å². The smallest absolute Gasteiger partial charge is 0.270 e. The van der Waals surface area contributed by atoms with Gasteiger partial charge >= 0.3 is 0 Å². The highest BCUT2D eigenvalue weighted by molar-refractivity contribution is 5.92. The molecule has 0 aromatic carbocycles. The number of amides is 1. The van der Waals surface area contributed by atoms with Gasteiger partial charge in [-0.1, -0.05) is 13.3 Å². The van der Waals surface area contributed by atoms with E-state index in [4.69, 9.17) is 0 Å². The summed E-state index contributed by atoms with van der Waals surface area (Å²) < 4.78 is 0. The van der Waals surface area contributed by atoms with Gasteiger partial charge in [0.1, 0.15) is 5.69 Å². The number of nitrogens with one attached hydrogen (secondary N) is 2. The molecule has 1 amide bonds. The van der Waals surface area contributed by atoms with Crippen LogP contribution < -0.4 is 10.6 Å². The second-order valence-electron chi connectivity index (χ2n) is 5.56. The van der Waals surface area contributed by atoms with Crippen LogP contribution >= 0.6 is 0 Å². The van der Waals surface area contributed by atoms with Gasteiger partial charge in [-0.3, -0.25) is 4.79 Å². The molecular formula is C16H25N3O. The van der Waals surface area contributed by atoms with Crippen LogP contribution in [0.25, 0.3) is 0 Å². The Labute approximate surface area is 121 Å². The summed E-state index contributed by atoms with van der Waals surface area (Å²) in [6, 6.07) is 4.00. The van der Waals surface area contributed by atoms with E-state index in [-0.39, 0.29) is 5.91 Å². The molecule has 1 heterocycles. The number of hydrogen-bond acceptors (Lipinski definition) is 3. The summed E-state index contributed by atoms with van der Waals surface area (Å²) in [5, 5.41) is 6.28. The molecule has 0 unspecified atom stereocenters. The Bertz CT molecular complexity index is 422. The number of carbonyl (C=O) groups is 1. The molecule has 0 spiro atoms. The summed E-state index contributed by atoms with van der Waals surface area (Å²) >= 11 is 0. The quantitative estimate of drug-likeness (QED) is 0.867. The van der Waals surface area contributed by atoms with Crippen molar-refractivity contribution in [3.05, 3.63) is 24.0 Å². The zero-order valence-electron chi connectivity index (χ0n) is 12.5. The molecule has 20 heavy (non-hydrogen) atoms. The molecule has 110 valence electrons. The fraction of sp³-hybridized carbons (Fsp3) is 0.625. The molecule has 2 N–H and O–H groups in total. The molecule has 0 bridgehead atoms. The fourth-order valence-electron chi connectivity index (χ4n) is 2.81. The zero-order chi connectivity index (χ0) is 14.4. The molecule has 1 aromatic heterocycles. The first-order chi connectivity index (χ1) is 9.72. The summed E-state index contributed by atoms with van der Waals surface area (Å²) in [6.07, 6.45) is 7.63. The summed E-state index contributed by atoms with van der Waals surface area (Å²) in [4.78, 5) is 16.4. The molecular weight excluding hydrogens is 250 g/mol. The standard InChI is InChI=1S/C16H25N3O/c1-3-12-5-7-13(8-6-12)19-16(20)15-10-9-14(11-18-15)17-4-2/h9-13,17H,3-8H2,1-2H3,(H,19,20). The van der Waals surface area contributed by atoms with Gasteiger partial charge in [0, 0.05) is 12.6 Å². The van der Waals surface area contributed by atoms with Gasteiger partial charge in [-0.25, -0.2) is 4.98 Å². The number of rotatable bonds is 5. The maximum absolute atomic E-state index is 12.1. The van der Waals surface area contributed by atoms with Crippen molar-refractivity contribution in [1.82, 2.24) is 10.3 Å². The van der Waals surface area contributed by atoms with Gasteiger partial charge < -0.3 is 10.6 Å². The third kappa shape index (κ3) is 3.95. The number of nitrogens with zero attached hydrogens (tertiary/aromatic N) is 1. The number of carbonyl (C=O) groups excluding carboxylic acids is 1. The first-order valence-corrected chi connectivity index (χ1v) is 7.73. The van der Waals surface area contributed by atoms with Crippen LogP contribution in [0.3, 0.4) is 0 Å². The summed E-state index contributed by atoms with van der Waals surface area (Å²) in [7, 11) is 0. The lowest BCUT2D eigenvalue weighted by molar-refractivity contribution is 0.0916. The second-order valence-corrected chi connectivity index (χ2v) is 5.56. The van der Waals surface area contributed by atoms with E-state index in [0.29, 0.717) is 11.7 Å². The monoisotopic (exact) mass is 275 g/mol. The van der Waals surface area contributed by atoms with E-state index in [1.54, 1.807) is 12.3 Å². The third-order valence-electron chi connectivity index (χ3n) is 4.14. The van der Waals surface area contributed by atoms with Crippen molar-refractivity contribution in [3.8, 4) is 0 Å². The Kier molecular flexibility index (Phi) is 5.39. The summed E-state index contributed by atoms with van der Waals surface area (Å²) in [5.74, 6) is 0.800. The Morgan fingerprint density at radius 3 is 2.55 bits per heavy atom. The minimum Gasteiger partial charge on any atom is -0.384 e. The molecule has 1 aliphatic rings. The first-order valence-electron chi connectivity index (χ1n) is 7.73. The summed E-state index contributed by atoms with van der Waals surface area (Å²) in [6.45, 7) is 5.14. The van der Waals surface area contributed by atoms with Crippen LogP contribution in [0.1, 0.15) is 56.4 Å². The summed E-state index contributed by atoms with van der Waals surface area (Å²) in [5.41, 5.74) is 1.46. The van der Waals surface area contributed by atoms with Crippen molar-refractivity contribution in [2.24, 2.45) is 5.92 Å². The van der Waals surface area contributed by atoms with Gasteiger partial charge in [-0.15, -0.1) is 0 Å². The van der Waals surface area contributed by atoms with Crippen molar-refractivity contribution in [3.63, 3.8) is 0 Å². The molecule has 1 saturated carbocycles. The molecule has 1 aliphatic carbocycles. The van der Waals surface area contributed by atoms with Gasteiger partial charge in [0.25, 0.3) is 5.91 Å². The largest absolute Gasteiger partial charge is 0.384 e. The first kappa shape index (κ1) is 14.8. The van der Waals surface area contributed by atoms with Gasteiger partial charge in [0.05, 0.1) is 11.9 Å². The van der Waals surface area contributed by atoms with Gasteiger partial charge in [0.15, 0.2) is 0 Å². The highest BCUT2D eigenvalue weighted by Crippen LogP contribution is 2.26. The van der Waals surface area contributed by atoms with E-state index in [9.17, 15) is 4.79 Å². The number of hydrogen-bond donors (Lipinski definition) is 2. The molecule has 0 atom stereocenters. The Morgan fingerprint density at radius 2 is 2.00 bits per heavy atom. The molecule has 1 fully saturated rings. The molecule has 4 heteroatoms. The van der Waals surface area contributed by atoms with Crippen molar-refractivity contribution in [2.75, 3.05) is 11.9 Å². The second kappa shape index (κ2) is 7.27. The van der Waals surface area contributed by atoms with E-state index < -0.39 is 0 Å². The van der Waals surface area contributed by atoms with Crippen LogP contribution in [0.2, 0.25) is 0 Å². The predicted octanol–water partition coefficient (Wildman–Crippen LogP) is 3.21. The SMILES string of the molecule is CCNc1ccc(C(=O)NC2CCC(CC)CC2)nc1. The van der Waals surface area contributed by atoms with E-state index in [1.165, 1.54) is 19.3 Å². The number of anilines is 1. The van der Waals surface area contributed by atoms with Gasteiger partial charge in [-0.05, 0) is 50.7 Å². The van der Waals surface area contributed by atoms with Crippen molar-refractivity contribution >= 4 is 11.6 Å². The average molecular weight is 275 g/mol. The highest BCUT2D eigenvalue weighted by atomic mass is 16.1. The Hall–Kier alpha value is -1.58. The minimum atomic E-state index is -0.0482. The van der Waals surface area contributed by atoms with Gasteiger partial charge in [0.2, 0.25) is 0 Å². The predicted molar refractivity (Wildman–Crippen MR) is 81.9 cm³/mol. The maximum Gasteiger partial charge on any atom is 0.270 e. The lowest BCUT2D eigenvalue weighted by Crippen LogP contribution is -2.37. The lowest BCUT2D eigenvalue weighted by Gasteiger charge is -2.28. The zero-order valence-corrected chi connectivity index (χ0v) is 12.5. The van der Waals surface area contributed by atoms with Crippen LogP contribution in [0.4, 0.5) is 5.69 Å². The van der Waals surface area contributed by atoms with Crippen LogP contribution in [-0.4, -0.2) is 23.5 Å². The lowest BCUT2D eigenvalue weighted by atomic mass is 9.84. The number of aromatic nitrogens is 1. The van der Waals surface area contributed by atoms with Crippen molar-refractivity contribution in [2.45, 2.75) is 52.0 Å². The van der Waals surface area contributed by atoms with Crippen molar-refractivity contribution in [1.29, 1.82) is 0 Å². The van der Waals surface area contributed by atoms with E-state index >= 15 is 0 Å². The maximum atomic E-state index is 12.1. The molecule has 2 rings (SSSR count). The van der Waals surface area contributed by atoms with Crippen LogP contribution in [0.15, 0.2) is 18.3 Å². The van der Waals surface area contributed by atoms with E-state index in [2.05, 4.69) is 22.5 Å². The molecule has 4 nitrogen and oxygen atoms in total. The Morgan fingerprint density at radius 1 is 1.25 bits per heavy atom. The third-order valence-corrected chi connectivity index (χ3v) is 4.14. The minimum absolute atomic E-state index is 0.0482. The van der Waals surface area contributed by atoms with Crippen molar-refractivity contribution < 1.29 is 4.79 Å². The number of pyridine rings is 1. The molecule has 1 aromatic rings. The normalized spacial score (nSPS) is 22.3. The van der Waals surface area contributed by atoms with Crippen LogP contribution in [0.5, 0.6) is 0 Å². The Balaban J connectivity index is 1.85.